The molecule has 1 amide bonds. The number of amides is 1. The van der Waals surface area contributed by atoms with Gasteiger partial charge in [-0.3, -0.25) is 4.79 Å². The number of furan rings is 1. The number of halogens is 4. The van der Waals surface area contributed by atoms with Crippen LogP contribution in [0.15, 0.2) is 46.9 Å². The molecule has 0 unspecified atom stereocenters. The molecule has 2 fully saturated rings. The van der Waals surface area contributed by atoms with E-state index in [1.165, 1.54) is 6.07 Å². The van der Waals surface area contributed by atoms with Crippen molar-refractivity contribution < 1.29 is 22.4 Å². The SMILES string of the molecule is O=C(Nc1ccc(Cl)c(C(F)(F)F)c1)c1cc2c(N3C[C@H]4CC[C@@H](C3)N4)cccc2o1. The Hall–Kier alpha value is -2.71. The van der Waals surface area contributed by atoms with Gasteiger partial charge in [-0.2, -0.15) is 13.2 Å². The molecule has 2 aromatic carbocycles. The summed E-state index contributed by atoms with van der Waals surface area (Å²) in [6.45, 7) is 1.76. The zero-order valence-electron chi connectivity index (χ0n) is 16.3. The summed E-state index contributed by atoms with van der Waals surface area (Å²) in [5.74, 6) is -0.595. The second-order valence-corrected chi connectivity index (χ2v) is 8.40. The Morgan fingerprint density at radius 2 is 1.87 bits per heavy atom. The number of anilines is 2. The van der Waals surface area contributed by atoms with Crippen LogP contribution < -0.4 is 15.5 Å². The van der Waals surface area contributed by atoms with Crippen LogP contribution in [-0.2, 0) is 6.18 Å². The summed E-state index contributed by atoms with van der Waals surface area (Å²) in [6, 6.07) is 11.4. The van der Waals surface area contributed by atoms with E-state index < -0.39 is 22.7 Å². The molecule has 1 aromatic heterocycles. The highest BCUT2D eigenvalue weighted by Crippen LogP contribution is 2.37. The Kier molecular flexibility index (Phi) is 4.86. The predicted molar refractivity (Wildman–Crippen MR) is 113 cm³/mol. The van der Waals surface area contributed by atoms with Crippen molar-refractivity contribution in [3.8, 4) is 0 Å². The number of alkyl halides is 3. The van der Waals surface area contributed by atoms with Crippen LogP contribution in [0, 0.1) is 0 Å². The molecule has 2 atom stereocenters. The molecule has 2 aliphatic heterocycles. The third kappa shape index (κ3) is 3.85. The van der Waals surface area contributed by atoms with E-state index in [1.54, 1.807) is 12.1 Å². The third-order valence-corrected chi connectivity index (χ3v) is 6.18. The minimum atomic E-state index is -4.62. The zero-order valence-corrected chi connectivity index (χ0v) is 17.1. The van der Waals surface area contributed by atoms with E-state index in [4.69, 9.17) is 16.0 Å². The molecule has 5 rings (SSSR count). The smallest absolute Gasteiger partial charge is 0.417 e. The number of nitrogens with zero attached hydrogens (tertiary/aromatic N) is 1. The summed E-state index contributed by atoms with van der Waals surface area (Å²) in [6.07, 6.45) is -2.32. The standard InChI is InChI=1S/C22H19ClF3N3O2/c23-17-7-6-12(8-16(17)22(24,25)26)28-21(30)20-9-15-18(2-1-3-19(15)31-20)29-10-13-4-5-14(11-29)27-13/h1-3,6-9,13-14,27H,4-5,10-11H2,(H,28,30)/t13-,14+. The van der Waals surface area contributed by atoms with Gasteiger partial charge in [-0.25, -0.2) is 0 Å². The Balaban J connectivity index is 1.42. The minimum Gasteiger partial charge on any atom is -0.451 e. The number of carbonyl (C=O) groups is 1. The van der Waals surface area contributed by atoms with Crippen LogP contribution in [0.4, 0.5) is 24.5 Å². The second kappa shape index (κ2) is 7.46. The zero-order chi connectivity index (χ0) is 21.8. The number of benzene rings is 2. The minimum absolute atomic E-state index is 0.0129. The molecule has 0 radical (unpaired) electrons. The van der Waals surface area contributed by atoms with E-state index in [0.29, 0.717) is 17.7 Å². The number of hydrogen-bond acceptors (Lipinski definition) is 4. The molecule has 5 nitrogen and oxygen atoms in total. The maximum absolute atomic E-state index is 13.1. The summed E-state index contributed by atoms with van der Waals surface area (Å²) in [4.78, 5) is 15.0. The number of hydrogen-bond donors (Lipinski definition) is 2. The van der Waals surface area contributed by atoms with Crippen molar-refractivity contribution in [2.24, 2.45) is 0 Å². The lowest BCUT2D eigenvalue weighted by Crippen LogP contribution is -2.51. The van der Waals surface area contributed by atoms with Gasteiger partial charge in [-0.05, 0) is 49.2 Å². The van der Waals surface area contributed by atoms with Crippen molar-refractivity contribution >= 4 is 39.9 Å². The first-order valence-corrected chi connectivity index (χ1v) is 10.4. The molecule has 162 valence electrons. The van der Waals surface area contributed by atoms with Gasteiger partial charge in [0.05, 0.1) is 10.6 Å². The Morgan fingerprint density at radius 3 is 2.58 bits per heavy atom. The summed E-state index contributed by atoms with van der Waals surface area (Å²) in [5.41, 5.74) is 0.526. The van der Waals surface area contributed by atoms with Gasteiger partial charge < -0.3 is 20.0 Å². The number of rotatable bonds is 3. The molecule has 2 aliphatic rings. The number of fused-ring (bicyclic) bond motifs is 3. The van der Waals surface area contributed by atoms with Crippen LogP contribution in [-0.4, -0.2) is 31.1 Å². The third-order valence-electron chi connectivity index (χ3n) is 5.85. The maximum atomic E-state index is 13.1. The fraction of sp³-hybridized carbons (Fsp3) is 0.318. The Morgan fingerprint density at radius 1 is 1.13 bits per heavy atom. The molecule has 2 N–H and O–H groups in total. The number of nitrogens with one attached hydrogen (secondary N) is 2. The summed E-state index contributed by atoms with van der Waals surface area (Å²) < 4.78 is 45.0. The molecular formula is C22H19ClF3N3O2. The van der Waals surface area contributed by atoms with Gasteiger partial charge in [-0.1, -0.05) is 17.7 Å². The summed E-state index contributed by atoms with van der Waals surface area (Å²) in [7, 11) is 0. The van der Waals surface area contributed by atoms with Crippen LogP contribution in [0.1, 0.15) is 29.0 Å². The average molecular weight is 450 g/mol. The second-order valence-electron chi connectivity index (χ2n) is 7.99. The monoisotopic (exact) mass is 449 g/mol. The van der Waals surface area contributed by atoms with Gasteiger partial charge in [0.1, 0.15) is 5.58 Å². The van der Waals surface area contributed by atoms with Crippen molar-refractivity contribution in [1.29, 1.82) is 0 Å². The highest BCUT2D eigenvalue weighted by atomic mass is 35.5. The average Bonchev–Trinajstić information content (AvgIpc) is 3.31. The van der Waals surface area contributed by atoms with Crippen molar-refractivity contribution in [2.45, 2.75) is 31.1 Å². The fourth-order valence-corrected chi connectivity index (χ4v) is 4.66. The quantitative estimate of drug-likeness (QED) is 0.570. The topological polar surface area (TPSA) is 57.5 Å². The molecule has 0 aliphatic carbocycles. The maximum Gasteiger partial charge on any atom is 0.417 e. The van der Waals surface area contributed by atoms with Crippen LogP contribution in [0.25, 0.3) is 11.0 Å². The van der Waals surface area contributed by atoms with Crippen LogP contribution in [0.5, 0.6) is 0 Å². The van der Waals surface area contributed by atoms with Gasteiger partial charge in [0.25, 0.3) is 5.91 Å². The Labute approximate surface area is 181 Å². The molecule has 2 saturated heterocycles. The van der Waals surface area contributed by atoms with E-state index >= 15 is 0 Å². The van der Waals surface area contributed by atoms with Gasteiger partial charge in [0, 0.05) is 41.9 Å². The first-order chi connectivity index (χ1) is 14.8. The fourth-order valence-electron chi connectivity index (χ4n) is 4.44. The van der Waals surface area contributed by atoms with Gasteiger partial charge in [0.2, 0.25) is 0 Å². The molecule has 0 spiro atoms. The lowest BCUT2D eigenvalue weighted by molar-refractivity contribution is -0.137. The highest BCUT2D eigenvalue weighted by Gasteiger charge is 2.34. The summed E-state index contributed by atoms with van der Waals surface area (Å²) in [5, 5.41) is 6.44. The molecule has 0 saturated carbocycles. The molecule has 2 bridgehead atoms. The van der Waals surface area contributed by atoms with E-state index in [0.717, 1.165) is 49.1 Å². The van der Waals surface area contributed by atoms with Crippen molar-refractivity contribution in [3.05, 3.63) is 58.8 Å². The van der Waals surface area contributed by atoms with E-state index in [1.807, 2.05) is 12.1 Å². The largest absolute Gasteiger partial charge is 0.451 e. The molecule has 3 aromatic rings. The first-order valence-electron chi connectivity index (χ1n) is 9.99. The lowest BCUT2D eigenvalue weighted by Gasteiger charge is -2.34. The molecular weight excluding hydrogens is 431 g/mol. The van der Waals surface area contributed by atoms with Gasteiger partial charge >= 0.3 is 6.18 Å². The molecule has 3 heterocycles. The lowest BCUT2D eigenvalue weighted by atomic mass is 10.1. The normalized spacial score (nSPS) is 21.0. The van der Waals surface area contributed by atoms with Crippen molar-refractivity contribution in [3.63, 3.8) is 0 Å². The van der Waals surface area contributed by atoms with Crippen LogP contribution in [0.3, 0.4) is 0 Å². The van der Waals surface area contributed by atoms with Gasteiger partial charge in [-0.15, -0.1) is 0 Å². The van der Waals surface area contributed by atoms with Crippen molar-refractivity contribution in [1.82, 2.24) is 5.32 Å². The van der Waals surface area contributed by atoms with Crippen molar-refractivity contribution in [2.75, 3.05) is 23.3 Å². The van der Waals surface area contributed by atoms with E-state index in [2.05, 4.69) is 15.5 Å². The van der Waals surface area contributed by atoms with Crippen LogP contribution >= 0.6 is 11.6 Å². The summed E-state index contributed by atoms with van der Waals surface area (Å²) >= 11 is 5.64. The van der Waals surface area contributed by atoms with Gasteiger partial charge in [0.15, 0.2) is 5.76 Å². The number of piperazine rings is 1. The molecule has 9 heteroatoms. The van der Waals surface area contributed by atoms with E-state index in [9.17, 15) is 18.0 Å². The number of carbonyl (C=O) groups excluding carboxylic acids is 1. The Bertz CT molecular complexity index is 1150. The first kappa shape index (κ1) is 20.2. The highest BCUT2D eigenvalue weighted by molar-refractivity contribution is 6.31. The molecule has 31 heavy (non-hydrogen) atoms. The van der Waals surface area contributed by atoms with Crippen LogP contribution in [0.2, 0.25) is 5.02 Å². The van der Waals surface area contributed by atoms with E-state index in [-0.39, 0.29) is 11.4 Å². The predicted octanol–water partition coefficient (Wildman–Crippen LogP) is 5.30.